The van der Waals surface area contributed by atoms with E-state index in [1.807, 2.05) is 24.3 Å². The monoisotopic (exact) mass is 350 g/mol. The summed E-state index contributed by atoms with van der Waals surface area (Å²) in [5.74, 6) is -0.423. The first-order valence-corrected chi connectivity index (χ1v) is 7.89. The van der Waals surface area contributed by atoms with Crippen LogP contribution in [0.5, 0.6) is 0 Å². The van der Waals surface area contributed by atoms with Gasteiger partial charge in [0.2, 0.25) is 0 Å². The van der Waals surface area contributed by atoms with Gasteiger partial charge in [-0.05, 0) is 51.7 Å². The molecule has 0 radical (unpaired) electrons. The third kappa shape index (κ3) is 3.44. The minimum Gasteiger partial charge on any atom is -0.478 e. The van der Waals surface area contributed by atoms with Gasteiger partial charge in [0.15, 0.2) is 0 Å². The van der Waals surface area contributed by atoms with Crippen molar-refractivity contribution in [2.24, 2.45) is 0 Å². The SMILES string of the molecule is CC(C)c1ccc(Sc2cccc(Br)c2C(=O)O)cc1. The fourth-order valence-corrected chi connectivity index (χ4v) is 3.48. The van der Waals surface area contributed by atoms with Crippen LogP contribution in [0.2, 0.25) is 0 Å². The van der Waals surface area contributed by atoms with Crippen LogP contribution in [-0.4, -0.2) is 11.1 Å². The Balaban J connectivity index is 2.30. The first kappa shape index (κ1) is 15.1. The Kier molecular flexibility index (Phi) is 4.89. The summed E-state index contributed by atoms with van der Waals surface area (Å²) < 4.78 is 0.605. The molecule has 104 valence electrons. The smallest absolute Gasteiger partial charge is 0.338 e. The quantitative estimate of drug-likeness (QED) is 0.799. The molecule has 0 saturated carbocycles. The van der Waals surface area contributed by atoms with Crippen molar-refractivity contribution in [2.45, 2.75) is 29.6 Å². The van der Waals surface area contributed by atoms with Crippen molar-refractivity contribution < 1.29 is 9.90 Å². The molecule has 0 aliphatic heterocycles. The molecule has 0 atom stereocenters. The Morgan fingerprint density at radius 1 is 1.15 bits per heavy atom. The summed E-state index contributed by atoms with van der Waals surface area (Å²) in [4.78, 5) is 13.1. The number of halogens is 1. The number of aromatic carboxylic acids is 1. The Hall–Kier alpha value is -1.26. The van der Waals surface area contributed by atoms with E-state index in [9.17, 15) is 9.90 Å². The number of carboxylic acid groups (broad SMARTS) is 1. The number of carbonyl (C=O) groups is 1. The van der Waals surface area contributed by atoms with Gasteiger partial charge in [-0.15, -0.1) is 0 Å². The molecule has 0 spiro atoms. The Bertz CT molecular complexity index is 621. The molecule has 20 heavy (non-hydrogen) atoms. The first-order chi connectivity index (χ1) is 9.49. The van der Waals surface area contributed by atoms with Gasteiger partial charge in [-0.25, -0.2) is 4.79 Å². The van der Waals surface area contributed by atoms with E-state index in [-0.39, 0.29) is 0 Å². The van der Waals surface area contributed by atoms with E-state index in [1.165, 1.54) is 17.3 Å². The predicted molar refractivity (Wildman–Crippen MR) is 85.8 cm³/mol. The van der Waals surface area contributed by atoms with Crippen LogP contribution in [-0.2, 0) is 0 Å². The van der Waals surface area contributed by atoms with Crippen LogP contribution < -0.4 is 0 Å². The van der Waals surface area contributed by atoms with Gasteiger partial charge >= 0.3 is 5.97 Å². The van der Waals surface area contributed by atoms with Gasteiger partial charge < -0.3 is 5.11 Å². The number of carboxylic acids is 1. The second-order valence-electron chi connectivity index (χ2n) is 4.74. The highest BCUT2D eigenvalue weighted by Crippen LogP contribution is 2.34. The fraction of sp³-hybridized carbons (Fsp3) is 0.188. The highest BCUT2D eigenvalue weighted by molar-refractivity contribution is 9.10. The minimum atomic E-state index is -0.918. The lowest BCUT2D eigenvalue weighted by Gasteiger charge is -2.09. The van der Waals surface area contributed by atoms with E-state index in [0.29, 0.717) is 16.0 Å². The summed E-state index contributed by atoms with van der Waals surface area (Å²) >= 11 is 4.76. The van der Waals surface area contributed by atoms with Crippen molar-refractivity contribution in [2.75, 3.05) is 0 Å². The van der Waals surface area contributed by atoms with E-state index < -0.39 is 5.97 Å². The molecule has 2 aromatic carbocycles. The Morgan fingerprint density at radius 3 is 2.35 bits per heavy atom. The van der Waals surface area contributed by atoms with E-state index in [1.54, 1.807) is 6.07 Å². The van der Waals surface area contributed by atoms with Crippen LogP contribution in [0, 0.1) is 0 Å². The summed E-state index contributed by atoms with van der Waals surface area (Å²) in [7, 11) is 0. The van der Waals surface area contributed by atoms with Gasteiger partial charge in [0, 0.05) is 14.3 Å². The largest absolute Gasteiger partial charge is 0.478 e. The number of hydrogen-bond acceptors (Lipinski definition) is 2. The van der Waals surface area contributed by atoms with Gasteiger partial charge in [-0.1, -0.05) is 43.8 Å². The molecule has 0 amide bonds. The van der Waals surface area contributed by atoms with Crippen molar-refractivity contribution in [3.63, 3.8) is 0 Å². The maximum atomic E-state index is 11.3. The highest BCUT2D eigenvalue weighted by atomic mass is 79.9. The number of hydrogen-bond donors (Lipinski definition) is 1. The van der Waals surface area contributed by atoms with Crippen LogP contribution in [0.15, 0.2) is 56.7 Å². The van der Waals surface area contributed by atoms with Crippen LogP contribution in [0.4, 0.5) is 0 Å². The average Bonchev–Trinajstić information content (AvgIpc) is 2.39. The molecule has 2 aromatic rings. The predicted octanol–water partition coefficient (Wildman–Crippen LogP) is 5.42. The standard InChI is InChI=1S/C16H15BrO2S/c1-10(2)11-6-8-12(9-7-11)20-14-5-3-4-13(17)15(14)16(18)19/h3-10H,1-2H3,(H,18,19). The summed E-state index contributed by atoms with van der Waals surface area (Å²) in [5.41, 5.74) is 1.59. The third-order valence-corrected chi connectivity index (χ3v) is 4.69. The summed E-state index contributed by atoms with van der Waals surface area (Å²) in [6.45, 7) is 4.30. The summed E-state index contributed by atoms with van der Waals surface area (Å²) in [5, 5.41) is 9.30. The summed E-state index contributed by atoms with van der Waals surface area (Å²) in [6, 6.07) is 13.7. The molecule has 2 nitrogen and oxygen atoms in total. The lowest BCUT2D eigenvalue weighted by Crippen LogP contribution is -2.00. The first-order valence-electron chi connectivity index (χ1n) is 6.28. The molecule has 0 aromatic heterocycles. The molecule has 2 rings (SSSR count). The van der Waals surface area contributed by atoms with Crippen LogP contribution in [0.3, 0.4) is 0 Å². The molecule has 0 fully saturated rings. The molecule has 0 bridgehead atoms. The van der Waals surface area contributed by atoms with Crippen molar-refractivity contribution in [1.29, 1.82) is 0 Å². The highest BCUT2D eigenvalue weighted by Gasteiger charge is 2.14. The minimum absolute atomic E-state index is 0.311. The lowest BCUT2D eigenvalue weighted by molar-refractivity contribution is 0.0692. The lowest BCUT2D eigenvalue weighted by atomic mass is 10.0. The van der Waals surface area contributed by atoms with Crippen LogP contribution in [0.25, 0.3) is 0 Å². The zero-order valence-corrected chi connectivity index (χ0v) is 13.7. The van der Waals surface area contributed by atoms with Crippen molar-refractivity contribution in [3.05, 3.63) is 58.1 Å². The molecule has 0 unspecified atom stereocenters. The van der Waals surface area contributed by atoms with Gasteiger partial charge in [-0.3, -0.25) is 0 Å². The average molecular weight is 351 g/mol. The van der Waals surface area contributed by atoms with Crippen molar-refractivity contribution >= 4 is 33.7 Å². The fourth-order valence-electron chi connectivity index (χ4n) is 1.84. The third-order valence-electron chi connectivity index (χ3n) is 2.96. The topological polar surface area (TPSA) is 37.3 Å². The molecule has 0 saturated heterocycles. The van der Waals surface area contributed by atoms with E-state index >= 15 is 0 Å². The van der Waals surface area contributed by atoms with E-state index in [0.717, 1.165) is 9.79 Å². The van der Waals surface area contributed by atoms with Gasteiger partial charge in [0.1, 0.15) is 0 Å². The Morgan fingerprint density at radius 2 is 1.80 bits per heavy atom. The molecule has 0 heterocycles. The zero-order chi connectivity index (χ0) is 14.7. The molecule has 0 aliphatic carbocycles. The maximum Gasteiger partial charge on any atom is 0.338 e. The Labute approximate surface area is 131 Å². The zero-order valence-electron chi connectivity index (χ0n) is 11.3. The molecule has 4 heteroatoms. The van der Waals surface area contributed by atoms with E-state index in [2.05, 4.69) is 41.9 Å². The summed E-state index contributed by atoms with van der Waals surface area (Å²) in [6.07, 6.45) is 0. The maximum absolute atomic E-state index is 11.3. The number of rotatable bonds is 4. The second-order valence-corrected chi connectivity index (χ2v) is 6.71. The van der Waals surface area contributed by atoms with E-state index in [4.69, 9.17) is 0 Å². The molecule has 1 N–H and O–H groups in total. The van der Waals surface area contributed by atoms with Crippen LogP contribution in [0.1, 0.15) is 35.7 Å². The van der Waals surface area contributed by atoms with Gasteiger partial charge in [-0.2, -0.15) is 0 Å². The molecule has 0 aliphatic rings. The van der Waals surface area contributed by atoms with Crippen LogP contribution >= 0.6 is 27.7 Å². The number of benzene rings is 2. The van der Waals surface area contributed by atoms with Gasteiger partial charge in [0.05, 0.1) is 5.56 Å². The van der Waals surface area contributed by atoms with Crippen molar-refractivity contribution in [3.8, 4) is 0 Å². The molecular formula is C16H15BrO2S. The van der Waals surface area contributed by atoms with Gasteiger partial charge in [0.25, 0.3) is 0 Å². The molecular weight excluding hydrogens is 336 g/mol. The van der Waals surface area contributed by atoms with Crippen molar-refractivity contribution in [1.82, 2.24) is 0 Å². The second kappa shape index (κ2) is 6.46. The normalized spacial score (nSPS) is 10.8.